The van der Waals surface area contributed by atoms with E-state index in [1.165, 1.54) is 0 Å². The van der Waals surface area contributed by atoms with E-state index in [0.717, 1.165) is 62.8 Å². The summed E-state index contributed by atoms with van der Waals surface area (Å²) in [4.78, 5) is 30.1. The molecular formula is C30H37N5O3. The van der Waals surface area contributed by atoms with Crippen molar-refractivity contribution in [3.8, 4) is 0 Å². The molecule has 3 aromatic carbocycles. The lowest BCUT2D eigenvalue weighted by molar-refractivity contribution is 0.0378. The number of benzene rings is 3. The van der Waals surface area contributed by atoms with Gasteiger partial charge in [-0.05, 0) is 80.1 Å². The van der Waals surface area contributed by atoms with E-state index in [2.05, 4.69) is 20.9 Å². The number of hydrogen-bond acceptors (Lipinski definition) is 6. The van der Waals surface area contributed by atoms with Crippen molar-refractivity contribution < 1.29 is 14.3 Å². The maximum atomic E-state index is 12.9. The molecule has 1 heterocycles. The number of nitrogens with one attached hydrogen (secondary N) is 3. The molecule has 1 aliphatic rings. The molecule has 8 heteroatoms. The average molecular weight is 516 g/mol. The van der Waals surface area contributed by atoms with Gasteiger partial charge in [0.15, 0.2) is 0 Å². The van der Waals surface area contributed by atoms with Gasteiger partial charge in [-0.25, -0.2) is 0 Å². The number of nitrogens with zero attached hydrogens (tertiary/aromatic N) is 2. The molecule has 0 spiro atoms. The van der Waals surface area contributed by atoms with Crippen LogP contribution in [-0.2, 0) is 4.74 Å². The molecule has 3 N–H and O–H groups in total. The number of aryl methyl sites for hydroxylation is 1. The highest BCUT2D eigenvalue weighted by Gasteiger charge is 2.12. The first-order valence-corrected chi connectivity index (χ1v) is 13.0. The quantitative estimate of drug-likeness (QED) is 0.340. The molecule has 8 nitrogen and oxygen atoms in total. The average Bonchev–Trinajstić information content (AvgIpc) is 2.94. The third kappa shape index (κ3) is 7.57. The Labute approximate surface area is 225 Å². The molecule has 200 valence electrons. The zero-order chi connectivity index (χ0) is 26.9. The summed E-state index contributed by atoms with van der Waals surface area (Å²) < 4.78 is 5.39. The van der Waals surface area contributed by atoms with Crippen molar-refractivity contribution >= 4 is 34.6 Å². The van der Waals surface area contributed by atoms with Crippen LogP contribution in [0.4, 0.5) is 22.7 Å². The van der Waals surface area contributed by atoms with Crippen LogP contribution in [0.3, 0.4) is 0 Å². The lowest BCUT2D eigenvalue weighted by Crippen LogP contribution is -2.37. The number of morpholine rings is 1. The van der Waals surface area contributed by atoms with Crippen molar-refractivity contribution in [2.75, 3.05) is 74.3 Å². The van der Waals surface area contributed by atoms with Crippen LogP contribution in [0.2, 0.25) is 0 Å². The van der Waals surface area contributed by atoms with Crippen LogP contribution in [0.1, 0.15) is 32.7 Å². The SMILES string of the molecule is Cc1ccc(NC(=O)c2cccc(N(C)C)c2)cc1NC(=O)c1ccc(NCCCN2CCOCC2)cc1. The Hall–Kier alpha value is -3.88. The molecule has 0 bridgehead atoms. The summed E-state index contributed by atoms with van der Waals surface area (Å²) in [7, 11) is 3.87. The molecule has 2 amide bonds. The first-order valence-electron chi connectivity index (χ1n) is 13.0. The van der Waals surface area contributed by atoms with Gasteiger partial charge < -0.3 is 25.6 Å². The van der Waals surface area contributed by atoms with E-state index in [1.54, 1.807) is 12.1 Å². The van der Waals surface area contributed by atoms with Crippen LogP contribution in [0, 0.1) is 6.92 Å². The number of rotatable bonds is 10. The number of hydrogen-bond donors (Lipinski definition) is 3. The minimum Gasteiger partial charge on any atom is -0.385 e. The van der Waals surface area contributed by atoms with Crippen LogP contribution in [0.15, 0.2) is 66.7 Å². The van der Waals surface area contributed by atoms with Crippen molar-refractivity contribution in [1.82, 2.24) is 4.90 Å². The smallest absolute Gasteiger partial charge is 0.255 e. The molecule has 0 saturated carbocycles. The topological polar surface area (TPSA) is 85.9 Å². The molecular weight excluding hydrogens is 478 g/mol. The highest BCUT2D eigenvalue weighted by atomic mass is 16.5. The number of carbonyl (C=O) groups excluding carboxylic acids is 2. The van der Waals surface area contributed by atoms with Gasteiger partial charge in [-0.2, -0.15) is 0 Å². The van der Waals surface area contributed by atoms with Gasteiger partial charge in [0, 0.05) is 67.6 Å². The first-order chi connectivity index (χ1) is 18.4. The van der Waals surface area contributed by atoms with E-state index in [0.29, 0.717) is 22.5 Å². The maximum Gasteiger partial charge on any atom is 0.255 e. The summed E-state index contributed by atoms with van der Waals surface area (Å²) >= 11 is 0. The molecule has 0 aromatic heterocycles. The van der Waals surface area contributed by atoms with Gasteiger partial charge in [0.25, 0.3) is 11.8 Å². The largest absolute Gasteiger partial charge is 0.385 e. The number of ether oxygens (including phenoxy) is 1. The number of anilines is 4. The first kappa shape index (κ1) is 27.2. The van der Waals surface area contributed by atoms with E-state index in [4.69, 9.17) is 4.74 Å². The van der Waals surface area contributed by atoms with Gasteiger partial charge in [-0.1, -0.05) is 12.1 Å². The summed E-state index contributed by atoms with van der Waals surface area (Å²) in [5.74, 6) is -0.406. The Kier molecular flexibility index (Phi) is 9.35. The Balaban J connectivity index is 1.31. The van der Waals surface area contributed by atoms with Gasteiger partial charge in [0.05, 0.1) is 13.2 Å². The molecule has 3 aromatic rings. The van der Waals surface area contributed by atoms with Crippen LogP contribution in [0.5, 0.6) is 0 Å². The van der Waals surface area contributed by atoms with Gasteiger partial charge >= 0.3 is 0 Å². The molecule has 1 aliphatic heterocycles. The molecule has 0 atom stereocenters. The molecule has 0 aliphatic carbocycles. The number of amides is 2. The third-order valence-electron chi connectivity index (χ3n) is 6.60. The fraction of sp³-hybridized carbons (Fsp3) is 0.333. The Bertz CT molecular complexity index is 1240. The fourth-order valence-electron chi connectivity index (χ4n) is 4.26. The second-order valence-electron chi connectivity index (χ2n) is 9.69. The van der Waals surface area contributed by atoms with E-state index in [9.17, 15) is 9.59 Å². The lowest BCUT2D eigenvalue weighted by atomic mass is 10.1. The highest BCUT2D eigenvalue weighted by molar-refractivity contribution is 6.07. The van der Waals surface area contributed by atoms with Crippen molar-refractivity contribution in [3.63, 3.8) is 0 Å². The van der Waals surface area contributed by atoms with Gasteiger partial charge in [0.1, 0.15) is 0 Å². The molecule has 0 unspecified atom stereocenters. The van der Waals surface area contributed by atoms with Crippen molar-refractivity contribution in [1.29, 1.82) is 0 Å². The van der Waals surface area contributed by atoms with Crippen LogP contribution < -0.4 is 20.9 Å². The minimum atomic E-state index is -0.206. The van der Waals surface area contributed by atoms with Gasteiger partial charge in [-0.3, -0.25) is 14.5 Å². The van der Waals surface area contributed by atoms with E-state index < -0.39 is 0 Å². The van der Waals surface area contributed by atoms with Crippen molar-refractivity contribution in [2.24, 2.45) is 0 Å². The number of carbonyl (C=O) groups is 2. The molecule has 38 heavy (non-hydrogen) atoms. The maximum absolute atomic E-state index is 12.9. The monoisotopic (exact) mass is 515 g/mol. The summed E-state index contributed by atoms with van der Waals surface area (Å²) in [6.07, 6.45) is 1.05. The van der Waals surface area contributed by atoms with Crippen LogP contribution in [-0.4, -0.2) is 70.2 Å². The summed E-state index contributed by atoms with van der Waals surface area (Å²) in [6, 6.07) is 20.4. The van der Waals surface area contributed by atoms with Crippen molar-refractivity contribution in [2.45, 2.75) is 13.3 Å². The van der Waals surface area contributed by atoms with E-state index in [1.807, 2.05) is 80.5 Å². The Morgan fingerprint density at radius 2 is 1.58 bits per heavy atom. The molecule has 4 rings (SSSR count). The standard InChI is InChI=1S/C30H37N5O3/c1-22-8-11-26(32-30(37)24-6-4-7-27(20-24)34(2)3)21-28(22)33-29(36)23-9-12-25(13-10-23)31-14-5-15-35-16-18-38-19-17-35/h4,6-13,20-21,31H,5,14-19H2,1-3H3,(H,32,37)(H,33,36). The lowest BCUT2D eigenvalue weighted by Gasteiger charge is -2.26. The Morgan fingerprint density at radius 3 is 2.32 bits per heavy atom. The minimum absolute atomic E-state index is 0.200. The predicted molar refractivity (Wildman–Crippen MR) is 155 cm³/mol. The zero-order valence-corrected chi connectivity index (χ0v) is 22.4. The molecule has 0 radical (unpaired) electrons. The van der Waals surface area contributed by atoms with E-state index >= 15 is 0 Å². The third-order valence-corrected chi connectivity index (χ3v) is 6.60. The molecule has 1 fully saturated rings. The van der Waals surface area contributed by atoms with Gasteiger partial charge in [-0.15, -0.1) is 0 Å². The Morgan fingerprint density at radius 1 is 0.868 bits per heavy atom. The second-order valence-corrected chi connectivity index (χ2v) is 9.69. The predicted octanol–water partition coefficient (Wildman–Crippen LogP) is 4.70. The summed E-state index contributed by atoms with van der Waals surface area (Å²) in [5, 5.41) is 9.34. The fourth-order valence-corrected chi connectivity index (χ4v) is 4.26. The van der Waals surface area contributed by atoms with Gasteiger partial charge in [0.2, 0.25) is 0 Å². The highest BCUT2D eigenvalue weighted by Crippen LogP contribution is 2.23. The summed E-state index contributed by atoms with van der Waals surface area (Å²) in [5.41, 5.74) is 5.24. The van der Waals surface area contributed by atoms with Crippen molar-refractivity contribution in [3.05, 3.63) is 83.4 Å². The van der Waals surface area contributed by atoms with Crippen LogP contribution in [0.25, 0.3) is 0 Å². The van der Waals surface area contributed by atoms with Crippen LogP contribution >= 0.6 is 0 Å². The second kappa shape index (κ2) is 13.1. The summed E-state index contributed by atoms with van der Waals surface area (Å²) in [6.45, 7) is 7.50. The zero-order valence-electron chi connectivity index (χ0n) is 22.4. The molecule has 1 saturated heterocycles. The van der Waals surface area contributed by atoms with E-state index in [-0.39, 0.29) is 11.8 Å². The normalized spacial score (nSPS) is 13.6.